The summed E-state index contributed by atoms with van der Waals surface area (Å²) in [7, 11) is 0. The van der Waals surface area contributed by atoms with Gasteiger partial charge in [-0.05, 0) is 12.8 Å². The van der Waals surface area contributed by atoms with Gasteiger partial charge in [-0.25, -0.2) is 0 Å². The number of hydrogen-bond acceptors (Lipinski definition) is 1. The van der Waals surface area contributed by atoms with Crippen LogP contribution >= 0.6 is 0 Å². The first kappa shape index (κ1) is 45.5. The van der Waals surface area contributed by atoms with Crippen LogP contribution in [0.15, 0.2) is 0 Å². The molecule has 0 aromatic rings. The summed E-state index contributed by atoms with van der Waals surface area (Å²) in [4.78, 5) is 11.7. The number of carboxylic acid groups (broad SMARTS) is 1. The Morgan fingerprint density at radius 3 is 0.609 bits per heavy atom. The maximum absolute atomic E-state index is 11.7. The van der Waals surface area contributed by atoms with Crippen molar-refractivity contribution in [2.75, 3.05) is 0 Å². The van der Waals surface area contributed by atoms with E-state index in [1.54, 1.807) is 0 Å². The van der Waals surface area contributed by atoms with E-state index < -0.39 is 5.97 Å². The van der Waals surface area contributed by atoms with Gasteiger partial charge in [-0.2, -0.15) is 0 Å². The maximum atomic E-state index is 11.7. The van der Waals surface area contributed by atoms with Gasteiger partial charge in [0, 0.05) is 0 Å². The molecule has 0 fully saturated rings. The predicted octanol–water partition coefficient (Wildman–Crippen LogP) is 16.3. The van der Waals surface area contributed by atoms with Gasteiger partial charge >= 0.3 is 5.97 Å². The summed E-state index contributed by atoms with van der Waals surface area (Å²) in [6.45, 7) is 4.58. The van der Waals surface area contributed by atoms with Crippen LogP contribution in [-0.2, 0) is 4.79 Å². The van der Waals surface area contributed by atoms with E-state index in [1.807, 2.05) is 0 Å². The van der Waals surface area contributed by atoms with Gasteiger partial charge < -0.3 is 5.11 Å². The highest BCUT2D eigenvalue weighted by atomic mass is 16.4. The van der Waals surface area contributed by atoms with Crippen molar-refractivity contribution in [2.24, 2.45) is 5.92 Å². The molecule has 1 unspecified atom stereocenters. The molecule has 0 amide bonds. The lowest BCUT2D eigenvalue weighted by molar-refractivity contribution is -0.142. The highest BCUT2D eigenvalue weighted by Crippen LogP contribution is 2.21. The molecule has 2 heteroatoms. The number of carboxylic acids is 1. The largest absolute Gasteiger partial charge is 0.481 e. The Bertz CT molecular complexity index is 558. The van der Waals surface area contributed by atoms with Crippen LogP contribution in [0, 0.1) is 5.92 Å². The Kier molecular flexibility index (Phi) is 40.2. The van der Waals surface area contributed by atoms with Crippen molar-refractivity contribution in [3.63, 3.8) is 0 Å². The quantitative estimate of drug-likeness (QED) is 0.0670. The van der Waals surface area contributed by atoms with Crippen LogP contribution in [0.4, 0.5) is 0 Å². The van der Waals surface area contributed by atoms with Crippen LogP contribution in [0.1, 0.15) is 271 Å². The van der Waals surface area contributed by atoms with Gasteiger partial charge in [-0.3, -0.25) is 4.79 Å². The van der Waals surface area contributed by atoms with E-state index in [9.17, 15) is 9.90 Å². The van der Waals surface area contributed by atoms with Crippen molar-refractivity contribution >= 4 is 5.97 Å². The molecule has 1 N–H and O–H groups in total. The van der Waals surface area contributed by atoms with E-state index in [-0.39, 0.29) is 5.92 Å². The summed E-state index contributed by atoms with van der Waals surface area (Å²) in [5.41, 5.74) is 0. The summed E-state index contributed by atoms with van der Waals surface area (Å²) in [6, 6.07) is 0. The molecule has 1 atom stereocenters. The Labute approximate surface area is 291 Å². The van der Waals surface area contributed by atoms with Crippen LogP contribution in [0.25, 0.3) is 0 Å². The number of hydrogen-bond donors (Lipinski definition) is 1. The molecule has 0 saturated carbocycles. The van der Waals surface area contributed by atoms with Crippen molar-refractivity contribution in [1.82, 2.24) is 0 Å². The smallest absolute Gasteiger partial charge is 0.306 e. The van der Waals surface area contributed by atoms with Crippen molar-refractivity contribution in [1.29, 1.82) is 0 Å². The maximum Gasteiger partial charge on any atom is 0.306 e. The fourth-order valence-electron chi connectivity index (χ4n) is 7.33. The second-order valence-corrected chi connectivity index (χ2v) is 15.3. The monoisotopic (exact) mass is 649 g/mol. The fourth-order valence-corrected chi connectivity index (χ4v) is 7.33. The van der Waals surface area contributed by atoms with Gasteiger partial charge in [0.1, 0.15) is 0 Å². The molecule has 0 radical (unpaired) electrons. The number of carbonyl (C=O) groups is 1. The average molecular weight is 649 g/mol. The zero-order valence-corrected chi connectivity index (χ0v) is 32.2. The van der Waals surface area contributed by atoms with Crippen LogP contribution in [-0.4, -0.2) is 11.1 Å². The number of aliphatic carboxylic acids is 1. The molecule has 46 heavy (non-hydrogen) atoms. The SMILES string of the molecule is CCCCCCCCCCCCCCCCCCCCCCCCCCCCC(CCCCCCCCCCCCCC)C(=O)O. The predicted molar refractivity (Wildman–Crippen MR) is 207 cm³/mol. The topological polar surface area (TPSA) is 37.3 Å². The van der Waals surface area contributed by atoms with E-state index in [0.717, 1.165) is 25.7 Å². The third kappa shape index (κ3) is 37.9. The van der Waals surface area contributed by atoms with E-state index in [1.165, 1.54) is 231 Å². The summed E-state index contributed by atoms with van der Waals surface area (Å²) in [5, 5.41) is 9.64. The number of unbranched alkanes of at least 4 members (excludes halogenated alkanes) is 36. The molecule has 0 bridgehead atoms. The van der Waals surface area contributed by atoms with Gasteiger partial charge in [0.15, 0.2) is 0 Å². The molecule has 0 rings (SSSR count). The minimum Gasteiger partial charge on any atom is -0.481 e. The average Bonchev–Trinajstić information content (AvgIpc) is 3.05. The molecular weight excluding hydrogens is 560 g/mol. The molecule has 0 saturated heterocycles. The second kappa shape index (κ2) is 40.6. The molecule has 0 aromatic carbocycles. The summed E-state index contributed by atoms with van der Waals surface area (Å²) >= 11 is 0. The summed E-state index contributed by atoms with van der Waals surface area (Å²) in [6.07, 6.45) is 54.7. The number of rotatable bonds is 41. The highest BCUT2D eigenvalue weighted by Gasteiger charge is 2.16. The molecule has 2 nitrogen and oxygen atoms in total. The molecule has 0 aliphatic rings. The lowest BCUT2D eigenvalue weighted by atomic mass is 9.94. The fraction of sp³-hybridized carbons (Fsp3) is 0.977. The van der Waals surface area contributed by atoms with Gasteiger partial charge in [0.25, 0.3) is 0 Å². The minimum absolute atomic E-state index is 0.0995. The van der Waals surface area contributed by atoms with Gasteiger partial charge in [0.2, 0.25) is 0 Å². The van der Waals surface area contributed by atoms with Crippen molar-refractivity contribution in [2.45, 2.75) is 271 Å². The molecule has 0 heterocycles. The Balaban J connectivity index is 3.30. The van der Waals surface area contributed by atoms with E-state index >= 15 is 0 Å². The van der Waals surface area contributed by atoms with Gasteiger partial charge in [-0.15, -0.1) is 0 Å². The van der Waals surface area contributed by atoms with Gasteiger partial charge in [-0.1, -0.05) is 258 Å². The van der Waals surface area contributed by atoms with Crippen LogP contribution in [0.5, 0.6) is 0 Å². The van der Waals surface area contributed by atoms with E-state index in [0.29, 0.717) is 0 Å². The lowest BCUT2D eigenvalue weighted by Gasteiger charge is -2.12. The van der Waals surface area contributed by atoms with Crippen LogP contribution in [0.3, 0.4) is 0 Å². The third-order valence-corrected chi connectivity index (χ3v) is 10.7. The zero-order valence-electron chi connectivity index (χ0n) is 32.2. The second-order valence-electron chi connectivity index (χ2n) is 15.3. The summed E-state index contributed by atoms with van der Waals surface area (Å²) in [5.74, 6) is -0.653. The normalized spacial score (nSPS) is 12.2. The van der Waals surface area contributed by atoms with Crippen molar-refractivity contribution in [3.8, 4) is 0 Å². The lowest BCUT2D eigenvalue weighted by Crippen LogP contribution is -2.13. The Hall–Kier alpha value is -0.530. The van der Waals surface area contributed by atoms with E-state index in [4.69, 9.17) is 0 Å². The van der Waals surface area contributed by atoms with Crippen molar-refractivity contribution < 1.29 is 9.90 Å². The summed E-state index contributed by atoms with van der Waals surface area (Å²) < 4.78 is 0. The van der Waals surface area contributed by atoms with Crippen molar-refractivity contribution in [3.05, 3.63) is 0 Å². The van der Waals surface area contributed by atoms with Crippen LogP contribution < -0.4 is 0 Å². The molecule has 0 aliphatic heterocycles. The highest BCUT2D eigenvalue weighted by molar-refractivity contribution is 5.69. The zero-order chi connectivity index (χ0) is 33.4. The van der Waals surface area contributed by atoms with Gasteiger partial charge in [0.05, 0.1) is 5.92 Å². The van der Waals surface area contributed by atoms with E-state index in [2.05, 4.69) is 13.8 Å². The first-order valence-corrected chi connectivity index (χ1v) is 21.9. The Morgan fingerprint density at radius 1 is 0.304 bits per heavy atom. The van der Waals surface area contributed by atoms with Crippen LogP contribution in [0.2, 0.25) is 0 Å². The standard InChI is InChI=1S/C44H88O2/c1-3-5-7-9-11-13-15-17-18-19-20-21-22-23-24-25-26-27-28-29-30-32-34-36-38-40-42-43(44(45)46)41-39-37-35-33-31-16-14-12-10-8-6-4-2/h43H,3-42H2,1-2H3,(H,45,46). The Morgan fingerprint density at radius 2 is 0.457 bits per heavy atom. The molecule has 0 aliphatic carbocycles. The molecule has 276 valence electrons. The molecule has 0 aromatic heterocycles. The minimum atomic E-state index is -0.553. The first-order chi connectivity index (χ1) is 22.7. The third-order valence-electron chi connectivity index (χ3n) is 10.7. The first-order valence-electron chi connectivity index (χ1n) is 21.9. The molecule has 0 spiro atoms. The molecular formula is C44H88O2.